The number of nitro groups is 1. The van der Waals surface area contributed by atoms with E-state index in [1.807, 2.05) is 6.08 Å². The van der Waals surface area contributed by atoms with E-state index in [0.29, 0.717) is 30.8 Å². The smallest absolute Gasteiger partial charge is 0.315 e. The molecule has 1 N–H and O–H groups in total. The topological polar surface area (TPSA) is 63.4 Å². The van der Waals surface area contributed by atoms with E-state index in [1.165, 1.54) is 5.57 Å². The lowest BCUT2D eigenvalue weighted by Gasteiger charge is -2.14. The van der Waals surface area contributed by atoms with E-state index in [4.69, 9.17) is 11.5 Å². The number of aliphatic hydroxyl groups excluding tert-OH is 1. The van der Waals surface area contributed by atoms with Gasteiger partial charge in [-0.3, -0.25) is 10.1 Å². The quantitative estimate of drug-likeness (QED) is 0.354. The summed E-state index contributed by atoms with van der Waals surface area (Å²) in [5.74, 6) is 8.39. The van der Waals surface area contributed by atoms with Crippen LogP contribution in [0.3, 0.4) is 0 Å². The minimum Gasteiger partial charge on any atom is -0.391 e. The highest BCUT2D eigenvalue weighted by atomic mass is 16.6. The van der Waals surface area contributed by atoms with Gasteiger partial charge in [-0.1, -0.05) is 29.6 Å². The molecule has 0 bridgehead atoms. The second kappa shape index (κ2) is 9.60. The molecule has 0 saturated carbocycles. The van der Waals surface area contributed by atoms with E-state index < -0.39 is 4.92 Å². The summed E-state index contributed by atoms with van der Waals surface area (Å²) in [6.45, 7) is 1.96. The maximum Gasteiger partial charge on any atom is 0.315 e. The van der Waals surface area contributed by atoms with Gasteiger partial charge in [0.25, 0.3) is 0 Å². The molecule has 0 radical (unpaired) electrons. The fourth-order valence-corrected chi connectivity index (χ4v) is 2.30. The zero-order valence-electron chi connectivity index (χ0n) is 12.8. The van der Waals surface area contributed by atoms with Crippen LogP contribution >= 0.6 is 0 Å². The molecule has 1 rings (SSSR count). The van der Waals surface area contributed by atoms with Crippen molar-refractivity contribution < 1.29 is 10.0 Å². The van der Waals surface area contributed by atoms with Crippen molar-refractivity contribution in [3.8, 4) is 24.2 Å². The highest BCUT2D eigenvalue weighted by Crippen LogP contribution is 2.22. The van der Waals surface area contributed by atoms with Crippen molar-refractivity contribution in [3.05, 3.63) is 45.2 Å². The summed E-state index contributed by atoms with van der Waals surface area (Å²) in [5.41, 5.74) is 1.86. The first-order valence-electron chi connectivity index (χ1n) is 7.32. The largest absolute Gasteiger partial charge is 0.391 e. The Hall–Kier alpha value is -2.30. The van der Waals surface area contributed by atoms with Crippen molar-refractivity contribution >= 4 is 0 Å². The Bertz CT molecular complexity index is 594. The first kappa shape index (κ1) is 17.8. The molecule has 0 aliphatic heterocycles. The number of aliphatic hydroxyl groups is 1. The van der Waals surface area contributed by atoms with E-state index in [0.717, 1.165) is 12.8 Å². The molecule has 4 nitrogen and oxygen atoms in total. The number of rotatable bonds is 6. The predicted octanol–water partition coefficient (Wildman–Crippen LogP) is 3.23. The normalized spacial score (nSPS) is 19.1. The van der Waals surface area contributed by atoms with Crippen molar-refractivity contribution in [3.63, 3.8) is 0 Å². The van der Waals surface area contributed by atoms with Crippen LogP contribution in [-0.2, 0) is 0 Å². The highest BCUT2D eigenvalue weighted by molar-refractivity contribution is 5.26. The SMILES string of the molecule is C#C/C(=C\C/C=C(\C)CC1CC#CC([N+](=O)[O-])=CCC1)CO. The summed E-state index contributed by atoms with van der Waals surface area (Å²) in [6, 6.07) is 0. The molecule has 4 heteroatoms. The zero-order chi connectivity index (χ0) is 16.4. The van der Waals surface area contributed by atoms with Gasteiger partial charge in [0.1, 0.15) is 0 Å². The van der Waals surface area contributed by atoms with Gasteiger partial charge in [-0.05, 0) is 38.5 Å². The number of hydrogen-bond donors (Lipinski definition) is 1. The van der Waals surface area contributed by atoms with Gasteiger partial charge in [0.2, 0.25) is 0 Å². The van der Waals surface area contributed by atoms with Gasteiger partial charge in [-0.25, -0.2) is 0 Å². The van der Waals surface area contributed by atoms with Crippen molar-refractivity contribution in [1.29, 1.82) is 0 Å². The zero-order valence-corrected chi connectivity index (χ0v) is 12.8. The summed E-state index contributed by atoms with van der Waals surface area (Å²) in [4.78, 5) is 10.3. The monoisotopic (exact) mass is 299 g/mol. The van der Waals surface area contributed by atoms with Gasteiger partial charge in [0.15, 0.2) is 0 Å². The fourth-order valence-electron chi connectivity index (χ4n) is 2.30. The van der Waals surface area contributed by atoms with Crippen molar-refractivity contribution in [2.24, 2.45) is 5.92 Å². The van der Waals surface area contributed by atoms with Crippen LogP contribution in [0.25, 0.3) is 0 Å². The molecule has 0 saturated heterocycles. The summed E-state index contributed by atoms with van der Waals surface area (Å²) >= 11 is 0. The molecule has 0 aromatic heterocycles. The van der Waals surface area contributed by atoms with Crippen LogP contribution in [-0.4, -0.2) is 16.6 Å². The van der Waals surface area contributed by atoms with Crippen LogP contribution in [0.15, 0.2) is 35.1 Å². The molecule has 116 valence electrons. The Kier molecular flexibility index (Phi) is 7.75. The van der Waals surface area contributed by atoms with Gasteiger partial charge in [0.05, 0.1) is 11.5 Å². The average Bonchev–Trinajstić information content (AvgIpc) is 2.46. The van der Waals surface area contributed by atoms with E-state index >= 15 is 0 Å². The predicted molar refractivity (Wildman–Crippen MR) is 87.2 cm³/mol. The van der Waals surface area contributed by atoms with Crippen LogP contribution in [0.2, 0.25) is 0 Å². The molecule has 22 heavy (non-hydrogen) atoms. The first-order chi connectivity index (χ1) is 10.6. The molecule has 0 aromatic carbocycles. The third-order valence-corrected chi connectivity index (χ3v) is 3.51. The van der Waals surface area contributed by atoms with E-state index in [9.17, 15) is 10.1 Å². The second-order valence-electron chi connectivity index (χ2n) is 5.32. The maximum atomic E-state index is 10.7. The summed E-state index contributed by atoms with van der Waals surface area (Å²) in [7, 11) is 0. The van der Waals surface area contributed by atoms with Gasteiger partial charge in [-0.15, -0.1) is 6.42 Å². The molecule has 1 aliphatic carbocycles. The van der Waals surface area contributed by atoms with Gasteiger partial charge in [-0.2, -0.15) is 0 Å². The molecule has 1 aliphatic rings. The average molecular weight is 299 g/mol. The molecule has 1 atom stereocenters. The molecule has 0 spiro atoms. The van der Waals surface area contributed by atoms with Crippen LogP contribution in [0, 0.1) is 40.2 Å². The van der Waals surface area contributed by atoms with E-state index in [2.05, 4.69) is 30.8 Å². The molecule has 1 unspecified atom stereocenters. The third kappa shape index (κ3) is 6.43. The van der Waals surface area contributed by atoms with Crippen molar-refractivity contribution in [1.82, 2.24) is 0 Å². The van der Waals surface area contributed by atoms with Gasteiger partial charge in [0, 0.05) is 24.0 Å². The lowest BCUT2D eigenvalue weighted by molar-refractivity contribution is -0.417. The number of hydrogen-bond acceptors (Lipinski definition) is 3. The number of terminal acetylenes is 1. The van der Waals surface area contributed by atoms with Crippen LogP contribution in [0.5, 0.6) is 0 Å². The van der Waals surface area contributed by atoms with Crippen molar-refractivity contribution in [2.45, 2.75) is 39.0 Å². The van der Waals surface area contributed by atoms with Crippen LogP contribution < -0.4 is 0 Å². The molecular formula is C18H21NO3. The van der Waals surface area contributed by atoms with E-state index in [1.54, 1.807) is 6.08 Å². The lowest BCUT2D eigenvalue weighted by atomic mass is 9.91. The molecule has 0 fully saturated rings. The maximum absolute atomic E-state index is 10.7. The molecular weight excluding hydrogens is 278 g/mol. The Labute approximate surface area is 131 Å². The first-order valence-corrected chi connectivity index (χ1v) is 7.32. The standard InChI is InChI=1S/C18H21NO3/c1-3-16(14-20)8-4-7-15(2)13-17-9-5-11-18(19(21)22)12-6-10-17/h1,7-8,11,17,20H,4-5,9-10,13-14H2,2H3/b15-7+,16-8+,18-11?. The number of nitrogens with zero attached hydrogens (tertiary/aromatic N) is 1. The summed E-state index contributed by atoms with van der Waals surface area (Å²) in [6.07, 6.45) is 14.7. The Morgan fingerprint density at radius 2 is 2.41 bits per heavy atom. The minimum atomic E-state index is -0.422. The van der Waals surface area contributed by atoms with Crippen LogP contribution in [0.1, 0.15) is 39.0 Å². The third-order valence-electron chi connectivity index (χ3n) is 3.51. The van der Waals surface area contributed by atoms with Gasteiger partial charge >= 0.3 is 5.70 Å². The van der Waals surface area contributed by atoms with E-state index in [-0.39, 0.29) is 12.3 Å². The summed E-state index contributed by atoms with van der Waals surface area (Å²) in [5, 5.41) is 19.7. The van der Waals surface area contributed by atoms with Crippen molar-refractivity contribution in [2.75, 3.05) is 6.61 Å². The molecule has 0 aromatic rings. The minimum absolute atomic E-state index is 0.0154. The highest BCUT2D eigenvalue weighted by Gasteiger charge is 2.13. The summed E-state index contributed by atoms with van der Waals surface area (Å²) < 4.78 is 0. The lowest BCUT2D eigenvalue weighted by Crippen LogP contribution is -2.04. The Morgan fingerprint density at radius 3 is 3.05 bits per heavy atom. The molecule has 0 heterocycles. The van der Waals surface area contributed by atoms with Crippen LogP contribution in [0.4, 0.5) is 0 Å². The molecule has 0 amide bonds. The second-order valence-corrected chi connectivity index (χ2v) is 5.32. The Balaban J connectivity index is 2.54. The fraction of sp³-hybridized carbons (Fsp3) is 0.444. The Morgan fingerprint density at radius 1 is 1.64 bits per heavy atom. The number of allylic oxidation sites excluding steroid dienone is 5. The van der Waals surface area contributed by atoms with Gasteiger partial charge < -0.3 is 5.11 Å².